The monoisotopic (exact) mass is 281 g/mol. The fourth-order valence-corrected chi connectivity index (χ4v) is 3.40. The van der Waals surface area contributed by atoms with Crippen molar-refractivity contribution < 1.29 is 13.2 Å². The van der Waals surface area contributed by atoms with Gasteiger partial charge in [-0.15, -0.1) is 0 Å². The highest BCUT2D eigenvalue weighted by Gasteiger charge is 2.32. The van der Waals surface area contributed by atoms with E-state index in [-0.39, 0.29) is 5.91 Å². The minimum Gasteiger partial charge on any atom is -0.341 e. The molecule has 1 heterocycles. The molecule has 1 amide bonds. The van der Waals surface area contributed by atoms with Crippen LogP contribution in [0.15, 0.2) is 24.3 Å². The Labute approximate surface area is 114 Å². The molecule has 0 N–H and O–H groups in total. The van der Waals surface area contributed by atoms with E-state index in [1.807, 2.05) is 31.2 Å². The predicted molar refractivity (Wildman–Crippen MR) is 74.7 cm³/mol. The van der Waals surface area contributed by atoms with Gasteiger partial charge in [-0.2, -0.15) is 0 Å². The van der Waals surface area contributed by atoms with Gasteiger partial charge in [-0.25, -0.2) is 8.42 Å². The minimum absolute atomic E-state index is 0.0109. The number of carbonyl (C=O) groups is 1. The Morgan fingerprint density at radius 1 is 1.42 bits per heavy atom. The third kappa shape index (κ3) is 3.56. The molecule has 5 heteroatoms. The number of likely N-dealkylation sites (tertiary alicyclic amines) is 1. The highest BCUT2D eigenvalue weighted by molar-refractivity contribution is 7.91. The van der Waals surface area contributed by atoms with E-state index in [1.54, 1.807) is 4.90 Å². The number of amides is 1. The fourth-order valence-electron chi connectivity index (χ4n) is 2.41. The first-order valence-electron chi connectivity index (χ1n) is 6.38. The van der Waals surface area contributed by atoms with Crippen LogP contribution < -0.4 is 0 Å². The van der Waals surface area contributed by atoms with E-state index in [2.05, 4.69) is 0 Å². The summed E-state index contributed by atoms with van der Waals surface area (Å²) in [6.45, 7) is 2.87. The fraction of sp³-hybridized carbons (Fsp3) is 0.500. The van der Waals surface area contributed by atoms with E-state index in [0.717, 1.165) is 11.1 Å². The van der Waals surface area contributed by atoms with Gasteiger partial charge in [-0.3, -0.25) is 4.79 Å². The summed E-state index contributed by atoms with van der Waals surface area (Å²) >= 11 is 0. The van der Waals surface area contributed by atoms with Crippen molar-refractivity contribution in [3.8, 4) is 0 Å². The average molecular weight is 281 g/mol. The van der Waals surface area contributed by atoms with E-state index in [1.165, 1.54) is 6.26 Å². The van der Waals surface area contributed by atoms with Gasteiger partial charge in [0.1, 0.15) is 0 Å². The second-order valence-corrected chi connectivity index (χ2v) is 7.57. The summed E-state index contributed by atoms with van der Waals surface area (Å²) in [5.74, 6) is 0.0109. The van der Waals surface area contributed by atoms with Crippen LogP contribution in [0.1, 0.15) is 17.5 Å². The molecule has 0 radical (unpaired) electrons. The van der Waals surface area contributed by atoms with E-state index in [9.17, 15) is 13.2 Å². The van der Waals surface area contributed by atoms with E-state index < -0.39 is 15.1 Å². The first-order valence-corrected chi connectivity index (χ1v) is 8.34. The highest BCUT2D eigenvalue weighted by Crippen LogP contribution is 2.17. The SMILES string of the molecule is Cc1cccc(CC(=O)N2CC[C@H](S(C)(=O)=O)C2)c1. The molecule has 0 aromatic heterocycles. The van der Waals surface area contributed by atoms with Crippen molar-refractivity contribution in [3.05, 3.63) is 35.4 Å². The first kappa shape index (κ1) is 14.1. The van der Waals surface area contributed by atoms with Crippen LogP contribution in [0.3, 0.4) is 0 Å². The standard InChI is InChI=1S/C14H19NO3S/c1-11-4-3-5-12(8-11)9-14(16)15-7-6-13(10-15)19(2,17)18/h3-5,8,13H,6-7,9-10H2,1-2H3/t13-/m0/s1. The third-order valence-electron chi connectivity index (χ3n) is 3.54. The lowest BCUT2D eigenvalue weighted by molar-refractivity contribution is -0.129. The van der Waals surface area contributed by atoms with Gasteiger partial charge in [-0.05, 0) is 18.9 Å². The Morgan fingerprint density at radius 2 is 2.16 bits per heavy atom. The van der Waals surface area contributed by atoms with Crippen LogP contribution in [0.4, 0.5) is 0 Å². The molecule has 0 saturated carbocycles. The molecular formula is C14H19NO3S. The summed E-state index contributed by atoms with van der Waals surface area (Å²) in [6.07, 6.45) is 2.14. The zero-order chi connectivity index (χ0) is 14.0. The number of hydrogen-bond donors (Lipinski definition) is 0. The Hall–Kier alpha value is -1.36. The topological polar surface area (TPSA) is 54.5 Å². The smallest absolute Gasteiger partial charge is 0.227 e. The maximum atomic E-state index is 12.1. The zero-order valence-electron chi connectivity index (χ0n) is 11.3. The molecule has 19 heavy (non-hydrogen) atoms. The molecule has 1 aromatic carbocycles. The van der Waals surface area contributed by atoms with Gasteiger partial charge in [0.15, 0.2) is 9.84 Å². The molecule has 4 nitrogen and oxygen atoms in total. The van der Waals surface area contributed by atoms with Gasteiger partial charge < -0.3 is 4.90 Å². The molecule has 1 saturated heterocycles. The lowest BCUT2D eigenvalue weighted by atomic mass is 10.1. The van der Waals surface area contributed by atoms with Gasteiger partial charge in [-0.1, -0.05) is 29.8 Å². The highest BCUT2D eigenvalue weighted by atomic mass is 32.2. The number of rotatable bonds is 3. The second kappa shape index (κ2) is 5.33. The molecule has 1 fully saturated rings. The molecule has 0 aliphatic carbocycles. The summed E-state index contributed by atoms with van der Waals surface area (Å²) in [4.78, 5) is 13.8. The molecule has 1 aliphatic rings. The van der Waals surface area contributed by atoms with E-state index >= 15 is 0 Å². The summed E-state index contributed by atoms with van der Waals surface area (Å²) < 4.78 is 22.9. The van der Waals surface area contributed by atoms with Crippen LogP contribution in [0, 0.1) is 6.92 Å². The van der Waals surface area contributed by atoms with Gasteiger partial charge >= 0.3 is 0 Å². The molecule has 104 valence electrons. The van der Waals surface area contributed by atoms with Crippen LogP contribution in [0.5, 0.6) is 0 Å². The van der Waals surface area contributed by atoms with Crippen LogP contribution >= 0.6 is 0 Å². The average Bonchev–Trinajstić information content (AvgIpc) is 2.77. The van der Waals surface area contributed by atoms with Crippen molar-refractivity contribution in [2.75, 3.05) is 19.3 Å². The number of benzene rings is 1. The van der Waals surface area contributed by atoms with Gasteiger partial charge in [0.05, 0.1) is 11.7 Å². The lowest BCUT2D eigenvalue weighted by Gasteiger charge is -2.16. The number of nitrogens with zero attached hydrogens (tertiary/aromatic N) is 1. The summed E-state index contributed by atoms with van der Waals surface area (Å²) in [5.41, 5.74) is 2.11. The Kier molecular flexibility index (Phi) is 3.94. The van der Waals surface area contributed by atoms with Crippen molar-refractivity contribution in [1.29, 1.82) is 0 Å². The molecule has 0 unspecified atom stereocenters. The van der Waals surface area contributed by atoms with Crippen LogP contribution in [-0.4, -0.2) is 43.8 Å². The Bertz CT molecular complexity index is 580. The third-order valence-corrected chi connectivity index (χ3v) is 5.14. The van der Waals surface area contributed by atoms with E-state index in [0.29, 0.717) is 25.9 Å². The summed E-state index contributed by atoms with van der Waals surface area (Å²) in [7, 11) is -3.04. The largest absolute Gasteiger partial charge is 0.341 e. The minimum atomic E-state index is -3.04. The van der Waals surface area contributed by atoms with Crippen molar-refractivity contribution in [3.63, 3.8) is 0 Å². The van der Waals surface area contributed by atoms with Crippen molar-refractivity contribution in [1.82, 2.24) is 4.90 Å². The Morgan fingerprint density at radius 3 is 2.74 bits per heavy atom. The first-order chi connectivity index (χ1) is 8.86. The summed E-state index contributed by atoms with van der Waals surface area (Å²) in [5, 5.41) is -0.394. The maximum Gasteiger partial charge on any atom is 0.227 e. The van der Waals surface area contributed by atoms with Crippen molar-refractivity contribution in [2.45, 2.75) is 25.0 Å². The van der Waals surface area contributed by atoms with Crippen LogP contribution in [0.25, 0.3) is 0 Å². The number of hydrogen-bond acceptors (Lipinski definition) is 3. The normalized spacial score (nSPS) is 19.7. The maximum absolute atomic E-state index is 12.1. The number of sulfone groups is 1. The molecule has 1 aromatic rings. The zero-order valence-corrected chi connectivity index (χ0v) is 12.1. The van der Waals surface area contributed by atoms with Gasteiger partial charge in [0.25, 0.3) is 0 Å². The number of aryl methyl sites for hydroxylation is 1. The molecule has 0 spiro atoms. The lowest BCUT2D eigenvalue weighted by Crippen LogP contribution is -2.32. The quantitative estimate of drug-likeness (QED) is 0.836. The van der Waals surface area contributed by atoms with Crippen molar-refractivity contribution >= 4 is 15.7 Å². The second-order valence-electron chi connectivity index (χ2n) is 5.25. The number of carbonyl (C=O) groups excluding carboxylic acids is 1. The van der Waals surface area contributed by atoms with Gasteiger partial charge in [0.2, 0.25) is 5.91 Å². The van der Waals surface area contributed by atoms with Crippen LogP contribution in [0.2, 0.25) is 0 Å². The summed E-state index contributed by atoms with van der Waals surface area (Å²) in [6, 6.07) is 7.84. The van der Waals surface area contributed by atoms with Crippen molar-refractivity contribution in [2.24, 2.45) is 0 Å². The molecular weight excluding hydrogens is 262 g/mol. The molecule has 0 bridgehead atoms. The Balaban J connectivity index is 1.99. The van der Waals surface area contributed by atoms with Crippen LogP contribution in [-0.2, 0) is 21.1 Å². The molecule has 2 rings (SSSR count). The van der Waals surface area contributed by atoms with Gasteiger partial charge in [0, 0.05) is 19.3 Å². The van der Waals surface area contributed by atoms with E-state index in [4.69, 9.17) is 0 Å². The molecule has 1 atom stereocenters. The molecule has 1 aliphatic heterocycles. The predicted octanol–water partition coefficient (Wildman–Crippen LogP) is 1.18.